The predicted molar refractivity (Wildman–Crippen MR) is 88.8 cm³/mol. The second-order valence-electron chi connectivity index (χ2n) is 5.16. The third kappa shape index (κ3) is 5.06. The Morgan fingerprint density at radius 1 is 1.08 bits per heavy atom. The first kappa shape index (κ1) is 17.9. The van der Waals surface area contributed by atoms with E-state index in [-0.39, 0.29) is 10.9 Å². The van der Waals surface area contributed by atoms with Crippen molar-refractivity contribution in [3.63, 3.8) is 0 Å². The van der Waals surface area contributed by atoms with Crippen LogP contribution in [0.2, 0.25) is 0 Å². The van der Waals surface area contributed by atoms with Crippen molar-refractivity contribution >= 4 is 21.7 Å². The molecular formula is C17H18FNO4S. The average molecular weight is 351 g/mol. The SMILES string of the molecule is CCCCC(=O)Oc1ccc(NS(=O)(=O)c2ccc(F)cc2)cc1. The van der Waals surface area contributed by atoms with Crippen molar-refractivity contribution in [2.45, 2.75) is 31.1 Å². The normalized spacial score (nSPS) is 11.1. The van der Waals surface area contributed by atoms with Gasteiger partial charge in [0.1, 0.15) is 11.6 Å². The van der Waals surface area contributed by atoms with Gasteiger partial charge in [-0.1, -0.05) is 13.3 Å². The topological polar surface area (TPSA) is 72.5 Å². The number of sulfonamides is 1. The number of rotatable bonds is 7. The Labute approximate surface area is 140 Å². The van der Waals surface area contributed by atoms with Gasteiger partial charge in [-0.3, -0.25) is 9.52 Å². The molecule has 5 nitrogen and oxygen atoms in total. The van der Waals surface area contributed by atoms with Crippen molar-refractivity contribution in [3.05, 3.63) is 54.3 Å². The van der Waals surface area contributed by atoms with Crippen LogP contribution in [-0.4, -0.2) is 14.4 Å². The fourth-order valence-electron chi connectivity index (χ4n) is 1.92. The fourth-order valence-corrected chi connectivity index (χ4v) is 2.98. The van der Waals surface area contributed by atoms with E-state index in [2.05, 4.69) is 4.72 Å². The van der Waals surface area contributed by atoms with Crippen LogP contribution < -0.4 is 9.46 Å². The summed E-state index contributed by atoms with van der Waals surface area (Å²) in [4.78, 5) is 11.5. The third-order valence-electron chi connectivity index (χ3n) is 3.20. The van der Waals surface area contributed by atoms with Gasteiger partial charge >= 0.3 is 5.97 Å². The zero-order chi connectivity index (χ0) is 17.6. The number of esters is 1. The van der Waals surface area contributed by atoms with Gasteiger partial charge in [0.15, 0.2) is 0 Å². The maximum absolute atomic E-state index is 12.9. The van der Waals surface area contributed by atoms with Crippen LogP contribution in [-0.2, 0) is 14.8 Å². The van der Waals surface area contributed by atoms with Crippen molar-refractivity contribution < 1.29 is 22.3 Å². The van der Waals surface area contributed by atoms with Crippen LogP contribution in [0.5, 0.6) is 5.75 Å². The molecule has 128 valence electrons. The molecule has 0 saturated heterocycles. The Balaban J connectivity index is 2.03. The standard InChI is InChI=1S/C17H18FNO4S/c1-2-3-4-17(20)23-15-9-7-14(8-10-15)19-24(21,22)16-11-5-13(18)6-12-16/h5-12,19H,2-4H2,1H3. The van der Waals surface area contributed by atoms with Gasteiger partial charge in [0.05, 0.1) is 4.90 Å². The second kappa shape index (κ2) is 7.92. The van der Waals surface area contributed by atoms with E-state index < -0.39 is 15.8 Å². The fraction of sp³-hybridized carbons (Fsp3) is 0.235. The van der Waals surface area contributed by atoms with Gasteiger partial charge in [0.2, 0.25) is 0 Å². The van der Waals surface area contributed by atoms with Gasteiger partial charge in [-0.2, -0.15) is 0 Å². The Kier molecular flexibility index (Phi) is 5.92. The Hall–Kier alpha value is -2.41. The van der Waals surface area contributed by atoms with Crippen LogP contribution in [0.3, 0.4) is 0 Å². The number of benzene rings is 2. The number of ether oxygens (including phenoxy) is 1. The minimum atomic E-state index is -3.80. The van der Waals surface area contributed by atoms with E-state index in [1.165, 1.54) is 36.4 Å². The smallest absolute Gasteiger partial charge is 0.311 e. The van der Waals surface area contributed by atoms with Crippen molar-refractivity contribution in [1.29, 1.82) is 0 Å². The Bertz CT molecular complexity index is 786. The summed E-state index contributed by atoms with van der Waals surface area (Å²) < 4.78 is 44.7. The molecular weight excluding hydrogens is 333 g/mol. The molecule has 0 heterocycles. The lowest BCUT2D eigenvalue weighted by atomic mass is 10.2. The van der Waals surface area contributed by atoms with Crippen LogP contribution in [0, 0.1) is 5.82 Å². The summed E-state index contributed by atoms with van der Waals surface area (Å²) in [6.45, 7) is 1.98. The summed E-state index contributed by atoms with van der Waals surface area (Å²) in [7, 11) is -3.80. The molecule has 0 aromatic heterocycles. The lowest BCUT2D eigenvalue weighted by molar-refractivity contribution is -0.134. The quantitative estimate of drug-likeness (QED) is 0.609. The number of anilines is 1. The van der Waals surface area contributed by atoms with Gasteiger partial charge in [-0.15, -0.1) is 0 Å². The lowest BCUT2D eigenvalue weighted by Crippen LogP contribution is -2.13. The largest absolute Gasteiger partial charge is 0.427 e. The molecule has 0 bridgehead atoms. The summed E-state index contributed by atoms with van der Waals surface area (Å²) in [6.07, 6.45) is 2.00. The van der Waals surface area contributed by atoms with E-state index in [0.29, 0.717) is 17.9 Å². The maximum atomic E-state index is 12.9. The third-order valence-corrected chi connectivity index (χ3v) is 4.59. The number of halogens is 1. The number of nitrogens with one attached hydrogen (secondary N) is 1. The number of hydrogen-bond donors (Lipinski definition) is 1. The summed E-state index contributed by atoms with van der Waals surface area (Å²) in [6, 6.07) is 10.5. The summed E-state index contributed by atoms with van der Waals surface area (Å²) >= 11 is 0. The number of hydrogen-bond acceptors (Lipinski definition) is 4. The molecule has 1 N–H and O–H groups in total. The number of carbonyl (C=O) groups excluding carboxylic acids is 1. The van der Waals surface area contributed by atoms with Crippen molar-refractivity contribution in [1.82, 2.24) is 0 Å². The first-order chi connectivity index (χ1) is 11.4. The van der Waals surface area contributed by atoms with Crippen molar-refractivity contribution in [2.24, 2.45) is 0 Å². The summed E-state index contributed by atoms with van der Waals surface area (Å²) in [5.74, 6) is -0.486. The molecule has 0 radical (unpaired) electrons. The van der Waals surface area contributed by atoms with Crippen molar-refractivity contribution in [3.8, 4) is 5.75 Å². The lowest BCUT2D eigenvalue weighted by Gasteiger charge is -2.09. The molecule has 0 aliphatic rings. The molecule has 2 aromatic rings. The van der Waals surface area contributed by atoms with E-state index in [9.17, 15) is 17.6 Å². The molecule has 2 rings (SSSR count). The van der Waals surface area contributed by atoms with E-state index in [1.54, 1.807) is 0 Å². The molecule has 0 amide bonds. The van der Waals surface area contributed by atoms with Gasteiger partial charge in [0, 0.05) is 12.1 Å². The molecule has 0 spiro atoms. The van der Waals surface area contributed by atoms with E-state index in [4.69, 9.17) is 4.74 Å². The molecule has 0 aliphatic heterocycles. The zero-order valence-electron chi connectivity index (χ0n) is 13.2. The first-order valence-corrected chi connectivity index (χ1v) is 8.98. The maximum Gasteiger partial charge on any atom is 0.311 e. The average Bonchev–Trinajstić information content (AvgIpc) is 2.55. The van der Waals surface area contributed by atoms with Gasteiger partial charge in [-0.05, 0) is 55.0 Å². The summed E-state index contributed by atoms with van der Waals surface area (Å²) in [5.41, 5.74) is 0.313. The highest BCUT2D eigenvalue weighted by molar-refractivity contribution is 7.92. The molecule has 24 heavy (non-hydrogen) atoms. The Morgan fingerprint density at radius 2 is 1.71 bits per heavy atom. The second-order valence-corrected chi connectivity index (χ2v) is 6.84. The number of unbranched alkanes of at least 4 members (excludes halogenated alkanes) is 1. The van der Waals surface area contributed by atoms with E-state index >= 15 is 0 Å². The van der Waals surface area contributed by atoms with Gasteiger partial charge in [-0.25, -0.2) is 12.8 Å². The predicted octanol–water partition coefficient (Wildman–Crippen LogP) is 3.72. The van der Waals surface area contributed by atoms with Crippen LogP contribution >= 0.6 is 0 Å². The van der Waals surface area contributed by atoms with Crippen LogP contribution in [0.4, 0.5) is 10.1 Å². The number of carbonyl (C=O) groups is 1. The summed E-state index contributed by atoms with van der Waals surface area (Å²) in [5, 5.41) is 0. The Morgan fingerprint density at radius 3 is 2.29 bits per heavy atom. The molecule has 7 heteroatoms. The molecule has 0 unspecified atom stereocenters. The zero-order valence-corrected chi connectivity index (χ0v) is 14.0. The highest BCUT2D eigenvalue weighted by atomic mass is 32.2. The molecule has 0 aliphatic carbocycles. The molecule has 2 aromatic carbocycles. The van der Waals surface area contributed by atoms with Crippen LogP contribution in [0.1, 0.15) is 26.2 Å². The highest BCUT2D eigenvalue weighted by Crippen LogP contribution is 2.20. The van der Waals surface area contributed by atoms with Crippen LogP contribution in [0.15, 0.2) is 53.4 Å². The van der Waals surface area contributed by atoms with Crippen molar-refractivity contribution in [2.75, 3.05) is 4.72 Å². The highest BCUT2D eigenvalue weighted by Gasteiger charge is 2.14. The minimum absolute atomic E-state index is 0.0426. The minimum Gasteiger partial charge on any atom is -0.427 e. The van der Waals surface area contributed by atoms with E-state index in [1.807, 2.05) is 6.92 Å². The molecule has 0 atom stereocenters. The molecule has 0 saturated carbocycles. The molecule has 0 fully saturated rings. The van der Waals surface area contributed by atoms with Gasteiger partial charge in [0.25, 0.3) is 10.0 Å². The van der Waals surface area contributed by atoms with Crippen LogP contribution in [0.25, 0.3) is 0 Å². The first-order valence-electron chi connectivity index (χ1n) is 7.50. The van der Waals surface area contributed by atoms with E-state index in [0.717, 1.165) is 25.0 Å². The van der Waals surface area contributed by atoms with Gasteiger partial charge < -0.3 is 4.74 Å². The monoisotopic (exact) mass is 351 g/mol.